The number of furan rings is 1. The molecule has 2 aromatic carbocycles. The summed E-state index contributed by atoms with van der Waals surface area (Å²) in [6.07, 6.45) is 6.17. The second-order valence-electron chi connectivity index (χ2n) is 6.66. The Kier molecular flexibility index (Phi) is 5.86. The largest absolute Gasteiger partial charge is 0.467 e. The zero-order valence-corrected chi connectivity index (χ0v) is 16.3. The average molecular weight is 418 g/mol. The van der Waals surface area contributed by atoms with E-state index in [1.54, 1.807) is 36.7 Å². The van der Waals surface area contributed by atoms with Gasteiger partial charge in [0.1, 0.15) is 18.1 Å². The van der Waals surface area contributed by atoms with Gasteiger partial charge in [-0.1, -0.05) is 12.1 Å². The number of nitro groups is 1. The molecule has 1 amide bonds. The van der Waals surface area contributed by atoms with Gasteiger partial charge < -0.3 is 19.0 Å². The zero-order chi connectivity index (χ0) is 21.6. The summed E-state index contributed by atoms with van der Waals surface area (Å²) in [5.41, 5.74) is 1.74. The number of nitro benzene ring substituents is 1. The first-order chi connectivity index (χ1) is 15.1. The van der Waals surface area contributed by atoms with E-state index in [9.17, 15) is 14.9 Å². The number of hydrogen-bond donors (Lipinski definition) is 1. The van der Waals surface area contributed by atoms with E-state index in [1.807, 2.05) is 12.1 Å². The average Bonchev–Trinajstić information content (AvgIpc) is 3.48. The zero-order valence-electron chi connectivity index (χ0n) is 16.3. The van der Waals surface area contributed by atoms with Crippen molar-refractivity contribution in [3.05, 3.63) is 107 Å². The van der Waals surface area contributed by atoms with Gasteiger partial charge in [-0.2, -0.15) is 0 Å². The lowest BCUT2D eigenvalue weighted by Crippen LogP contribution is -2.13. The summed E-state index contributed by atoms with van der Waals surface area (Å²) in [6.45, 7) is 0.687. The standard InChI is InChI=1S/C22H18N4O5/c27-22(17-6-7-20(21(12-17)26(28)29)25-9-8-23-15-25)24-18-4-1-3-16(11-18)13-30-14-19-5-2-10-31-19/h1-12,15H,13-14H2,(H,24,27). The highest BCUT2D eigenvalue weighted by atomic mass is 16.6. The van der Waals surface area contributed by atoms with Crippen molar-refractivity contribution in [3.8, 4) is 5.69 Å². The van der Waals surface area contributed by atoms with Crippen LogP contribution in [0.3, 0.4) is 0 Å². The maximum Gasteiger partial charge on any atom is 0.294 e. The Bertz CT molecular complexity index is 1190. The van der Waals surface area contributed by atoms with Gasteiger partial charge in [0, 0.05) is 29.7 Å². The summed E-state index contributed by atoms with van der Waals surface area (Å²) in [5, 5.41) is 14.3. The van der Waals surface area contributed by atoms with Gasteiger partial charge >= 0.3 is 0 Å². The summed E-state index contributed by atoms with van der Waals surface area (Å²) in [6, 6.07) is 15.1. The number of nitrogens with one attached hydrogen (secondary N) is 1. The summed E-state index contributed by atoms with van der Waals surface area (Å²) in [5.74, 6) is 0.277. The number of amides is 1. The Labute approximate surface area is 177 Å². The van der Waals surface area contributed by atoms with Crippen LogP contribution in [0.4, 0.5) is 11.4 Å². The maximum absolute atomic E-state index is 12.7. The molecule has 0 fully saturated rings. The van der Waals surface area contributed by atoms with Gasteiger partial charge in [-0.3, -0.25) is 14.9 Å². The molecule has 31 heavy (non-hydrogen) atoms. The molecule has 0 saturated heterocycles. The molecule has 4 aromatic rings. The lowest BCUT2D eigenvalue weighted by molar-refractivity contribution is -0.384. The van der Waals surface area contributed by atoms with Crippen molar-refractivity contribution >= 4 is 17.3 Å². The van der Waals surface area contributed by atoms with E-state index in [-0.39, 0.29) is 11.3 Å². The van der Waals surface area contributed by atoms with E-state index >= 15 is 0 Å². The van der Waals surface area contributed by atoms with Gasteiger partial charge in [0.2, 0.25) is 0 Å². The predicted octanol–water partition coefficient (Wildman–Crippen LogP) is 4.34. The van der Waals surface area contributed by atoms with Crippen molar-refractivity contribution < 1.29 is 18.9 Å². The number of imidazole rings is 1. The number of rotatable bonds is 8. The number of nitrogens with zero attached hydrogens (tertiary/aromatic N) is 3. The van der Waals surface area contributed by atoms with E-state index in [2.05, 4.69) is 10.3 Å². The van der Waals surface area contributed by atoms with Crippen LogP contribution >= 0.6 is 0 Å². The molecule has 1 N–H and O–H groups in total. The highest BCUT2D eigenvalue weighted by Gasteiger charge is 2.19. The van der Waals surface area contributed by atoms with Gasteiger partial charge in [0.25, 0.3) is 11.6 Å². The van der Waals surface area contributed by atoms with E-state index in [4.69, 9.17) is 9.15 Å². The molecule has 2 aromatic heterocycles. The van der Waals surface area contributed by atoms with Gasteiger partial charge in [-0.15, -0.1) is 0 Å². The molecule has 0 unspecified atom stereocenters. The first kappa shape index (κ1) is 20.0. The van der Waals surface area contributed by atoms with E-state index in [0.29, 0.717) is 24.6 Å². The maximum atomic E-state index is 12.7. The van der Waals surface area contributed by atoms with Crippen molar-refractivity contribution in [2.45, 2.75) is 13.2 Å². The van der Waals surface area contributed by atoms with Gasteiger partial charge in [-0.05, 0) is 42.0 Å². The molecule has 0 aliphatic heterocycles. The fourth-order valence-corrected chi connectivity index (χ4v) is 3.04. The first-order valence-electron chi connectivity index (χ1n) is 9.37. The van der Waals surface area contributed by atoms with Crippen LogP contribution in [0.2, 0.25) is 0 Å². The quantitative estimate of drug-likeness (QED) is 0.336. The monoisotopic (exact) mass is 418 g/mol. The van der Waals surface area contributed by atoms with Crippen LogP contribution in [0.1, 0.15) is 21.7 Å². The fraction of sp³-hybridized carbons (Fsp3) is 0.0909. The highest BCUT2D eigenvalue weighted by molar-refractivity contribution is 6.05. The molecule has 0 aliphatic rings. The van der Waals surface area contributed by atoms with Crippen LogP contribution in [0, 0.1) is 10.1 Å². The third-order valence-corrected chi connectivity index (χ3v) is 4.49. The SMILES string of the molecule is O=C(Nc1cccc(COCc2ccco2)c1)c1ccc(-n2ccnc2)c([N+](=O)[O-])c1. The fourth-order valence-electron chi connectivity index (χ4n) is 3.04. The smallest absolute Gasteiger partial charge is 0.294 e. The molecular formula is C22H18N4O5. The number of benzene rings is 2. The van der Waals surface area contributed by atoms with Gasteiger partial charge in [0.15, 0.2) is 0 Å². The predicted molar refractivity (Wildman–Crippen MR) is 112 cm³/mol. The molecule has 4 rings (SSSR count). The number of carbonyl (C=O) groups excluding carboxylic acids is 1. The van der Waals surface area contributed by atoms with Crippen molar-refractivity contribution in [2.75, 3.05) is 5.32 Å². The molecule has 0 saturated carbocycles. The Morgan fingerprint density at radius 3 is 2.81 bits per heavy atom. The van der Waals surface area contributed by atoms with Crippen molar-refractivity contribution in [2.24, 2.45) is 0 Å². The first-order valence-corrected chi connectivity index (χ1v) is 9.37. The number of aromatic nitrogens is 2. The minimum atomic E-state index is -0.525. The molecule has 0 spiro atoms. The molecule has 0 bridgehead atoms. The van der Waals surface area contributed by atoms with Crippen molar-refractivity contribution in [1.29, 1.82) is 0 Å². The Morgan fingerprint density at radius 1 is 1.16 bits per heavy atom. The summed E-state index contributed by atoms with van der Waals surface area (Å²) < 4.78 is 12.4. The molecule has 0 atom stereocenters. The topological polar surface area (TPSA) is 112 Å². The third kappa shape index (κ3) is 4.85. The molecule has 9 nitrogen and oxygen atoms in total. The molecule has 0 radical (unpaired) electrons. The second-order valence-corrected chi connectivity index (χ2v) is 6.66. The van der Waals surface area contributed by atoms with Crippen molar-refractivity contribution in [3.63, 3.8) is 0 Å². The Hall–Kier alpha value is -4.24. The van der Waals surface area contributed by atoms with E-state index < -0.39 is 10.8 Å². The van der Waals surface area contributed by atoms with E-state index in [1.165, 1.54) is 35.3 Å². The highest BCUT2D eigenvalue weighted by Crippen LogP contribution is 2.25. The Morgan fingerprint density at radius 2 is 2.06 bits per heavy atom. The van der Waals surface area contributed by atoms with Crippen LogP contribution in [0.15, 0.2) is 84.0 Å². The van der Waals surface area contributed by atoms with Crippen LogP contribution in [0.5, 0.6) is 0 Å². The number of ether oxygens (including phenoxy) is 1. The normalized spacial score (nSPS) is 10.7. The molecule has 2 heterocycles. The van der Waals surface area contributed by atoms with E-state index in [0.717, 1.165) is 11.3 Å². The minimum Gasteiger partial charge on any atom is -0.467 e. The lowest BCUT2D eigenvalue weighted by atomic mass is 10.1. The molecular weight excluding hydrogens is 400 g/mol. The Balaban J connectivity index is 1.45. The molecule has 9 heteroatoms. The van der Waals surface area contributed by atoms with Crippen molar-refractivity contribution in [1.82, 2.24) is 9.55 Å². The molecule has 156 valence electrons. The lowest BCUT2D eigenvalue weighted by Gasteiger charge is -2.09. The van der Waals surface area contributed by atoms with Crippen LogP contribution in [0.25, 0.3) is 5.69 Å². The summed E-state index contributed by atoms with van der Waals surface area (Å²) >= 11 is 0. The second kappa shape index (κ2) is 9.06. The number of anilines is 1. The summed E-state index contributed by atoms with van der Waals surface area (Å²) in [4.78, 5) is 27.5. The number of carbonyl (C=O) groups is 1. The van der Waals surface area contributed by atoms with Crippen LogP contribution in [-0.2, 0) is 18.0 Å². The van der Waals surface area contributed by atoms with Gasteiger partial charge in [-0.25, -0.2) is 4.98 Å². The minimum absolute atomic E-state index is 0.176. The molecule has 0 aliphatic carbocycles. The number of hydrogen-bond acceptors (Lipinski definition) is 6. The van der Waals surface area contributed by atoms with Crippen LogP contribution in [-0.4, -0.2) is 20.4 Å². The summed E-state index contributed by atoms with van der Waals surface area (Å²) in [7, 11) is 0. The third-order valence-electron chi connectivity index (χ3n) is 4.49. The van der Waals surface area contributed by atoms with Gasteiger partial charge in [0.05, 0.1) is 24.1 Å². The van der Waals surface area contributed by atoms with Crippen LogP contribution < -0.4 is 5.32 Å².